The summed E-state index contributed by atoms with van der Waals surface area (Å²) in [6.45, 7) is 0.224. The summed E-state index contributed by atoms with van der Waals surface area (Å²) in [7, 11) is 0. The van der Waals surface area contributed by atoms with Crippen LogP contribution in [-0.4, -0.2) is 24.4 Å². The number of ether oxygens (including phenoxy) is 1. The Morgan fingerprint density at radius 3 is 2.43 bits per heavy atom. The molecular weight excluding hydrogens is 225 g/mol. The van der Waals surface area contributed by atoms with Crippen LogP contribution < -0.4 is 10.5 Å². The molecule has 1 atom stereocenters. The van der Waals surface area contributed by atoms with Crippen LogP contribution in [0, 0.1) is 0 Å². The summed E-state index contributed by atoms with van der Waals surface area (Å²) >= 11 is 11.7. The second-order valence-electron chi connectivity index (χ2n) is 2.75. The second-order valence-corrected chi connectivity index (χ2v) is 3.57. The Morgan fingerprint density at radius 2 is 1.93 bits per heavy atom. The highest BCUT2D eigenvalue weighted by molar-refractivity contribution is 6.37. The van der Waals surface area contributed by atoms with Crippen LogP contribution in [0.1, 0.15) is 0 Å². The fourth-order valence-corrected chi connectivity index (χ4v) is 1.37. The van der Waals surface area contributed by atoms with Gasteiger partial charge in [0.25, 0.3) is 0 Å². The van der Waals surface area contributed by atoms with Crippen LogP contribution >= 0.6 is 23.2 Å². The van der Waals surface area contributed by atoms with Gasteiger partial charge in [-0.15, -0.1) is 0 Å². The Bertz CT molecular complexity index is 287. The van der Waals surface area contributed by atoms with Crippen molar-refractivity contribution in [1.29, 1.82) is 0 Å². The molecule has 0 saturated heterocycles. The first kappa shape index (κ1) is 11.6. The minimum atomic E-state index is -0.706. The summed E-state index contributed by atoms with van der Waals surface area (Å²) in [6, 6.07) is 5.05. The Kier molecular flexibility index (Phi) is 4.48. The Balaban J connectivity index is 2.66. The molecular formula is C9H11Cl2NO2. The molecule has 0 amide bonds. The van der Waals surface area contributed by atoms with Gasteiger partial charge in [0.05, 0.1) is 10.0 Å². The van der Waals surface area contributed by atoms with Gasteiger partial charge in [-0.25, -0.2) is 0 Å². The van der Waals surface area contributed by atoms with E-state index in [1.165, 1.54) is 0 Å². The van der Waals surface area contributed by atoms with E-state index < -0.39 is 6.10 Å². The molecule has 0 aromatic heterocycles. The molecule has 1 rings (SSSR count). The fraction of sp³-hybridized carbons (Fsp3) is 0.333. The number of nitrogens with two attached hydrogens (primary N) is 1. The van der Waals surface area contributed by atoms with Crippen LogP contribution in [0.15, 0.2) is 18.2 Å². The highest BCUT2D eigenvalue weighted by atomic mass is 35.5. The molecule has 0 bridgehead atoms. The number of aliphatic hydroxyl groups excluding tert-OH is 1. The number of benzene rings is 1. The van der Waals surface area contributed by atoms with Crippen LogP contribution in [-0.2, 0) is 0 Å². The van der Waals surface area contributed by atoms with E-state index in [9.17, 15) is 0 Å². The summed E-state index contributed by atoms with van der Waals surface area (Å²) in [5.41, 5.74) is 5.22. The number of hydrogen-bond donors (Lipinski definition) is 2. The summed E-state index contributed by atoms with van der Waals surface area (Å²) < 4.78 is 5.23. The van der Waals surface area contributed by atoms with Gasteiger partial charge in [0.15, 0.2) is 5.75 Å². The molecule has 0 aliphatic rings. The van der Waals surface area contributed by atoms with Crippen molar-refractivity contribution in [3.05, 3.63) is 28.2 Å². The third kappa shape index (κ3) is 3.03. The van der Waals surface area contributed by atoms with Crippen molar-refractivity contribution in [3.8, 4) is 5.75 Å². The van der Waals surface area contributed by atoms with E-state index in [1.54, 1.807) is 18.2 Å². The third-order valence-corrected chi connectivity index (χ3v) is 2.21. The fourth-order valence-electron chi connectivity index (χ4n) is 0.868. The van der Waals surface area contributed by atoms with Crippen LogP contribution in [0.3, 0.4) is 0 Å². The summed E-state index contributed by atoms with van der Waals surface area (Å²) in [5, 5.41) is 10.0. The van der Waals surface area contributed by atoms with Crippen molar-refractivity contribution in [3.63, 3.8) is 0 Å². The lowest BCUT2D eigenvalue weighted by molar-refractivity contribution is 0.114. The predicted molar refractivity (Wildman–Crippen MR) is 57.0 cm³/mol. The second kappa shape index (κ2) is 5.41. The molecule has 3 N–H and O–H groups in total. The largest absolute Gasteiger partial charge is 0.488 e. The van der Waals surface area contributed by atoms with Crippen LogP contribution in [0.4, 0.5) is 0 Å². The topological polar surface area (TPSA) is 55.5 Å². The minimum absolute atomic E-state index is 0.0833. The van der Waals surface area contributed by atoms with Crippen molar-refractivity contribution in [2.75, 3.05) is 13.2 Å². The lowest BCUT2D eigenvalue weighted by atomic mass is 10.3. The van der Waals surface area contributed by atoms with E-state index in [-0.39, 0.29) is 13.2 Å². The Labute approximate surface area is 92.4 Å². The van der Waals surface area contributed by atoms with Gasteiger partial charge in [-0.05, 0) is 12.1 Å². The SMILES string of the molecule is NC[C@@H](O)COc1c(Cl)cccc1Cl. The van der Waals surface area contributed by atoms with Crippen molar-refractivity contribution in [1.82, 2.24) is 0 Å². The normalized spacial score (nSPS) is 12.6. The molecule has 0 unspecified atom stereocenters. The molecule has 14 heavy (non-hydrogen) atoms. The molecule has 1 aromatic rings. The highest BCUT2D eigenvalue weighted by Gasteiger charge is 2.08. The first-order valence-corrected chi connectivity index (χ1v) is 4.85. The molecule has 78 valence electrons. The molecule has 5 heteroatoms. The predicted octanol–water partition coefficient (Wildman–Crippen LogP) is 1.69. The van der Waals surface area contributed by atoms with Gasteiger partial charge < -0.3 is 15.6 Å². The van der Waals surface area contributed by atoms with Gasteiger partial charge in [-0.2, -0.15) is 0 Å². The average molecular weight is 236 g/mol. The summed E-state index contributed by atoms with van der Waals surface area (Å²) in [5.74, 6) is 0.378. The monoisotopic (exact) mass is 235 g/mol. The zero-order valence-corrected chi connectivity index (χ0v) is 8.92. The van der Waals surface area contributed by atoms with Crippen LogP contribution in [0.25, 0.3) is 0 Å². The van der Waals surface area contributed by atoms with E-state index in [2.05, 4.69) is 0 Å². The Morgan fingerprint density at radius 1 is 1.36 bits per heavy atom. The number of halogens is 2. The highest BCUT2D eigenvalue weighted by Crippen LogP contribution is 2.32. The molecule has 0 aliphatic heterocycles. The lowest BCUT2D eigenvalue weighted by Gasteiger charge is -2.12. The van der Waals surface area contributed by atoms with E-state index in [4.69, 9.17) is 38.8 Å². The maximum Gasteiger partial charge on any atom is 0.156 e. The van der Waals surface area contributed by atoms with Crippen molar-refractivity contribution >= 4 is 23.2 Å². The zero-order valence-electron chi connectivity index (χ0n) is 7.41. The molecule has 1 aromatic carbocycles. The Hall–Kier alpha value is -0.480. The molecule has 0 saturated carbocycles. The zero-order chi connectivity index (χ0) is 10.6. The van der Waals surface area contributed by atoms with Gasteiger partial charge in [-0.3, -0.25) is 0 Å². The first-order valence-electron chi connectivity index (χ1n) is 4.10. The van der Waals surface area contributed by atoms with E-state index >= 15 is 0 Å². The van der Waals surface area contributed by atoms with E-state index in [1.807, 2.05) is 0 Å². The van der Waals surface area contributed by atoms with Gasteiger partial charge in [-0.1, -0.05) is 29.3 Å². The molecule has 3 nitrogen and oxygen atoms in total. The maximum absolute atomic E-state index is 9.16. The summed E-state index contributed by atoms with van der Waals surface area (Å²) in [6.07, 6.45) is -0.706. The van der Waals surface area contributed by atoms with Gasteiger partial charge in [0.2, 0.25) is 0 Å². The minimum Gasteiger partial charge on any atom is -0.488 e. The van der Waals surface area contributed by atoms with Gasteiger partial charge >= 0.3 is 0 Å². The van der Waals surface area contributed by atoms with Gasteiger partial charge in [0.1, 0.15) is 12.7 Å². The maximum atomic E-state index is 9.16. The van der Waals surface area contributed by atoms with Crippen molar-refractivity contribution < 1.29 is 9.84 Å². The lowest BCUT2D eigenvalue weighted by Crippen LogP contribution is -2.26. The molecule has 0 spiro atoms. The van der Waals surface area contributed by atoms with E-state index in [0.29, 0.717) is 15.8 Å². The number of rotatable bonds is 4. The standard InChI is InChI=1S/C9H11Cl2NO2/c10-7-2-1-3-8(11)9(7)14-5-6(13)4-12/h1-3,6,13H,4-5,12H2/t6-/m1/s1. The number of hydrogen-bond acceptors (Lipinski definition) is 3. The average Bonchev–Trinajstić information content (AvgIpc) is 2.16. The van der Waals surface area contributed by atoms with E-state index in [0.717, 1.165) is 0 Å². The molecule has 0 aliphatic carbocycles. The summed E-state index contributed by atoms with van der Waals surface area (Å²) in [4.78, 5) is 0. The molecule has 0 radical (unpaired) electrons. The number of aliphatic hydroxyl groups is 1. The van der Waals surface area contributed by atoms with Gasteiger partial charge in [0, 0.05) is 6.54 Å². The molecule has 0 fully saturated rings. The first-order chi connectivity index (χ1) is 6.65. The van der Waals surface area contributed by atoms with Crippen molar-refractivity contribution in [2.24, 2.45) is 5.73 Å². The van der Waals surface area contributed by atoms with Crippen LogP contribution in [0.5, 0.6) is 5.75 Å². The van der Waals surface area contributed by atoms with Crippen molar-refractivity contribution in [2.45, 2.75) is 6.10 Å². The third-order valence-electron chi connectivity index (χ3n) is 1.61. The molecule has 0 heterocycles. The van der Waals surface area contributed by atoms with Crippen LogP contribution in [0.2, 0.25) is 10.0 Å². The number of para-hydroxylation sites is 1. The smallest absolute Gasteiger partial charge is 0.156 e. The quantitative estimate of drug-likeness (QED) is 0.836.